The number of hydrogen-bond donors (Lipinski definition) is 2. The summed E-state index contributed by atoms with van der Waals surface area (Å²) in [5.41, 5.74) is 4.28. The van der Waals surface area contributed by atoms with E-state index in [1.807, 2.05) is 32.0 Å². The summed E-state index contributed by atoms with van der Waals surface area (Å²) in [6.45, 7) is 3.90. The molecule has 3 rings (SSSR count). The van der Waals surface area contributed by atoms with Crippen LogP contribution in [0.3, 0.4) is 0 Å². The van der Waals surface area contributed by atoms with Gasteiger partial charge in [-0.15, -0.1) is 0 Å². The van der Waals surface area contributed by atoms with Crippen LogP contribution in [-0.4, -0.2) is 24.1 Å². The molecule has 36 heavy (non-hydrogen) atoms. The van der Waals surface area contributed by atoms with Crippen molar-refractivity contribution < 1.29 is 14.3 Å². The van der Waals surface area contributed by atoms with Gasteiger partial charge in [0, 0.05) is 11.1 Å². The van der Waals surface area contributed by atoms with Gasteiger partial charge in [0.1, 0.15) is 18.4 Å². The maximum Gasteiger partial charge on any atom is 0.262 e. The monoisotopic (exact) mass is 565 g/mol. The molecule has 2 N–H and O–H groups in total. The van der Waals surface area contributed by atoms with Crippen LogP contribution < -0.4 is 15.5 Å². The molecule has 1 atom stereocenters. The molecule has 0 saturated carbocycles. The minimum absolute atomic E-state index is 0.200. The molecule has 188 valence electrons. The predicted molar refractivity (Wildman–Crippen MR) is 146 cm³/mol. The first kappa shape index (κ1) is 27.8. The lowest BCUT2D eigenvalue weighted by Crippen LogP contribution is -2.48. The SMILES string of the molecule is CC(C)C(NC(=O)c1ccc(Cl)c(Cl)c1)C(=O)N/N=C/c1ccccc1OCc1ccc(Cl)c(Cl)c1. The van der Waals surface area contributed by atoms with E-state index in [1.54, 1.807) is 24.3 Å². The fourth-order valence-electron chi connectivity index (χ4n) is 3.14. The van der Waals surface area contributed by atoms with Gasteiger partial charge >= 0.3 is 0 Å². The second-order valence-electron chi connectivity index (χ2n) is 8.13. The van der Waals surface area contributed by atoms with Gasteiger partial charge in [-0.2, -0.15) is 5.10 Å². The van der Waals surface area contributed by atoms with Crippen molar-refractivity contribution in [2.24, 2.45) is 11.0 Å². The number of nitrogens with one attached hydrogen (secondary N) is 2. The second-order valence-corrected chi connectivity index (χ2v) is 9.76. The lowest BCUT2D eigenvalue weighted by molar-refractivity contribution is -0.123. The Morgan fingerprint density at radius 1 is 0.917 bits per heavy atom. The van der Waals surface area contributed by atoms with E-state index < -0.39 is 17.9 Å². The number of ether oxygens (including phenoxy) is 1. The Hall–Kier alpha value is -2.77. The number of rotatable bonds is 9. The first-order chi connectivity index (χ1) is 17.2. The van der Waals surface area contributed by atoms with Gasteiger partial charge < -0.3 is 10.1 Å². The quantitative estimate of drug-likeness (QED) is 0.221. The molecule has 2 amide bonds. The molecular formula is C26H23Cl4N3O3. The van der Waals surface area contributed by atoms with Gasteiger partial charge in [0.2, 0.25) is 0 Å². The highest BCUT2D eigenvalue weighted by Crippen LogP contribution is 2.25. The Balaban J connectivity index is 1.64. The van der Waals surface area contributed by atoms with Crippen LogP contribution in [0.4, 0.5) is 0 Å². The molecule has 0 aliphatic heterocycles. The first-order valence-corrected chi connectivity index (χ1v) is 12.4. The number of halogens is 4. The number of hydrazone groups is 1. The maximum atomic E-state index is 12.8. The molecule has 0 radical (unpaired) electrons. The third-order valence-corrected chi connectivity index (χ3v) is 6.57. The number of nitrogens with zero attached hydrogens (tertiary/aromatic N) is 1. The molecule has 0 aliphatic carbocycles. The van der Waals surface area contributed by atoms with Gasteiger partial charge in [-0.25, -0.2) is 5.43 Å². The average molecular weight is 567 g/mol. The minimum Gasteiger partial charge on any atom is -0.488 e. The van der Waals surface area contributed by atoms with Crippen molar-refractivity contribution in [2.45, 2.75) is 26.5 Å². The Kier molecular flexibility index (Phi) is 10.0. The van der Waals surface area contributed by atoms with Crippen molar-refractivity contribution >= 4 is 64.4 Å². The first-order valence-electron chi connectivity index (χ1n) is 10.9. The number of hydrogen-bond acceptors (Lipinski definition) is 4. The lowest BCUT2D eigenvalue weighted by atomic mass is 10.0. The number of para-hydroxylation sites is 1. The zero-order valence-electron chi connectivity index (χ0n) is 19.4. The van der Waals surface area contributed by atoms with Gasteiger partial charge in [-0.1, -0.05) is 78.5 Å². The standard InChI is InChI=1S/C26H23Cl4N3O3/c1-15(2)24(32-25(34)17-8-10-20(28)22(30)12-17)26(35)33-31-13-18-5-3-4-6-23(18)36-14-16-7-9-19(27)21(29)11-16/h3-13,15,24H,14H2,1-2H3,(H,32,34)(H,33,35)/b31-13+. The normalized spacial score (nSPS) is 12.0. The molecule has 3 aromatic carbocycles. The van der Waals surface area contributed by atoms with Crippen LogP contribution in [0.25, 0.3) is 0 Å². The number of benzene rings is 3. The summed E-state index contributed by atoms with van der Waals surface area (Å²) in [4.78, 5) is 25.4. The molecule has 6 nitrogen and oxygen atoms in total. The van der Waals surface area contributed by atoms with E-state index in [0.717, 1.165) is 5.56 Å². The summed E-state index contributed by atoms with van der Waals surface area (Å²) in [6, 6.07) is 16.2. The Morgan fingerprint density at radius 3 is 2.25 bits per heavy atom. The fourth-order valence-corrected chi connectivity index (χ4v) is 3.76. The smallest absolute Gasteiger partial charge is 0.262 e. The second kappa shape index (κ2) is 13.0. The Bertz CT molecular complexity index is 1280. The number of carbonyl (C=O) groups is 2. The molecule has 0 heterocycles. The van der Waals surface area contributed by atoms with Crippen molar-refractivity contribution in [2.75, 3.05) is 0 Å². The molecule has 0 bridgehead atoms. The van der Waals surface area contributed by atoms with Crippen LogP contribution in [0.15, 0.2) is 65.8 Å². The molecule has 0 spiro atoms. The van der Waals surface area contributed by atoms with Gasteiger partial charge in [-0.05, 0) is 53.9 Å². The van der Waals surface area contributed by atoms with E-state index in [2.05, 4.69) is 15.8 Å². The van der Waals surface area contributed by atoms with Crippen molar-refractivity contribution in [3.8, 4) is 5.75 Å². The molecule has 0 aromatic heterocycles. The average Bonchev–Trinajstić information content (AvgIpc) is 2.85. The molecule has 10 heteroatoms. The van der Waals surface area contributed by atoms with E-state index >= 15 is 0 Å². The highest BCUT2D eigenvalue weighted by molar-refractivity contribution is 6.42. The van der Waals surface area contributed by atoms with Crippen molar-refractivity contribution in [1.29, 1.82) is 0 Å². The summed E-state index contributed by atoms with van der Waals surface area (Å²) in [5, 5.41) is 8.27. The van der Waals surface area contributed by atoms with Crippen molar-refractivity contribution in [3.63, 3.8) is 0 Å². The van der Waals surface area contributed by atoms with Crippen LogP contribution in [0, 0.1) is 5.92 Å². The maximum absolute atomic E-state index is 12.8. The van der Waals surface area contributed by atoms with Crippen molar-refractivity contribution in [3.05, 3.63) is 97.4 Å². The Morgan fingerprint density at radius 2 is 1.58 bits per heavy atom. The molecule has 0 fully saturated rings. The molecule has 0 saturated heterocycles. The third kappa shape index (κ3) is 7.61. The van der Waals surface area contributed by atoms with Gasteiger partial charge in [0.05, 0.1) is 26.3 Å². The summed E-state index contributed by atoms with van der Waals surface area (Å²) in [6.07, 6.45) is 1.47. The van der Waals surface area contributed by atoms with Gasteiger partial charge in [-0.3, -0.25) is 9.59 Å². The highest BCUT2D eigenvalue weighted by atomic mass is 35.5. The van der Waals surface area contributed by atoms with Crippen LogP contribution in [0.1, 0.15) is 35.3 Å². The van der Waals surface area contributed by atoms with E-state index in [9.17, 15) is 9.59 Å². The largest absolute Gasteiger partial charge is 0.488 e. The summed E-state index contributed by atoms with van der Waals surface area (Å²) < 4.78 is 5.90. The van der Waals surface area contributed by atoms with E-state index in [-0.39, 0.29) is 17.5 Å². The molecule has 0 aliphatic rings. The fraction of sp³-hybridized carbons (Fsp3) is 0.192. The topological polar surface area (TPSA) is 79.8 Å². The molecular weight excluding hydrogens is 544 g/mol. The van der Waals surface area contributed by atoms with Crippen LogP contribution in [0.2, 0.25) is 20.1 Å². The van der Waals surface area contributed by atoms with E-state index in [1.165, 1.54) is 24.4 Å². The third-order valence-electron chi connectivity index (χ3n) is 5.09. The van der Waals surface area contributed by atoms with Crippen LogP contribution in [0.5, 0.6) is 5.75 Å². The molecule has 1 unspecified atom stereocenters. The zero-order chi connectivity index (χ0) is 26.2. The number of carbonyl (C=O) groups excluding carboxylic acids is 2. The van der Waals surface area contributed by atoms with Gasteiger partial charge in [0.25, 0.3) is 11.8 Å². The number of amides is 2. The minimum atomic E-state index is -0.828. The van der Waals surface area contributed by atoms with Crippen LogP contribution >= 0.6 is 46.4 Å². The summed E-state index contributed by atoms with van der Waals surface area (Å²) >= 11 is 23.9. The summed E-state index contributed by atoms with van der Waals surface area (Å²) in [7, 11) is 0. The van der Waals surface area contributed by atoms with Crippen molar-refractivity contribution in [1.82, 2.24) is 10.7 Å². The van der Waals surface area contributed by atoms with E-state index in [4.69, 9.17) is 51.1 Å². The predicted octanol–water partition coefficient (Wildman–Crippen LogP) is 6.78. The van der Waals surface area contributed by atoms with Crippen LogP contribution in [-0.2, 0) is 11.4 Å². The zero-order valence-corrected chi connectivity index (χ0v) is 22.4. The lowest BCUT2D eigenvalue weighted by Gasteiger charge is -2.20. The highest BCUT2D eigenvalue weighted by Gasteiger charge is 2.24. The van der Waals surface area contributed by atoms with Gasteiger partial charge in [0.15, 0.2) is 0 Å². The molecule has 3 aromatic rings. The summed E-state index contributed by atoms with van der Waals surface area (Å²) in [5.74, 6) is -0.556. The van der Waals surface area contributed by atoms with E-state index in [0.29, 0.717) is 31.9 Å². The Labute approximate surface area is 229 Å².